The van der Waals surface area contributed by atoms with Crippen molar-refractivity contribution in [3.05, 3.63) is 53.6 Å². The lowest BCUT2D eigenvalue weighted by Crippen LogP contribution is -2.55. The molecule has 0 saturated carbocycles. The number of aryl methyl sites for hydroxylation is 1. The predicted molar refractivity (Wildman–Crippen MR) is 111 cm³/mol. The molecule has 0 radical (unpaired) electrons. The van der Waals surface area contributed by atoms with E-state index in [1.54, 1.807) is 7.05 Å². The molecule has 1 saturated heterocycles. The van der Waals surface area contributed by atoms with E-state index in [-0.39, 0.29) is 11.9 Å². The van der Waals surface area contributed by atoms with Crippen molar-refractivity contribution in [3.63, 3.8) is 0 Å². The number of guanidine groups is 1. The van der Waals surface area contributed by atoms with E-state index in [9.17, 15) is 4.79 Å². The summed E-state index contributed by atoms with van der Waals surface area (Å²) in [7, 11) is 1.68. The van der Waals surface area contributed by atoms with E-state index in [0.29, 0.717) is 18.8 Å². The second kappa shape index (κ2) is 6.32. The molecule has 150 valence electrons. The molecule has 0 aliphatic carbocycles. The van der Waals surface area contributed by atoms with Crippen molar-refractivity contribution in [2.45, 2.75) is 37.3 Å². The van der Waals surface area contributed by atoms with Crippen molar-refractivity contribution in [1.82, 2.24) is 4.90 Å². The Morgan fingerprint density at radius 2 is 2.00 bits per heavy atom. The van der Waals surface area contributed by atoms with E-state index in [2.05, 4.69) is 25.1 Å². The molecule has 6 nitrogen and oxygen atoms in total. The zero-order valence-electron chi connectivity index (χ0n) is 16.8. The quantitative estimate of drug-likeness (QED) is 0.811. The third-order valence-corrected chi connectivity index (χ3v) is 6.27. The third-order valence-electron chi connectivity index (χ3n) is 6.27. The van der Waals surface area contributed by atoms with E-state index in [1.165, 1.54) is 10.5 Å². The Bertz CT molecular complexity index is 1030. The van der Waals surface area contributed by atoms with Crippen LogP contribution < -0.4 is 10.5 Å². The van der Waals surface area contributed by atoms with Gasteiger partial charge in [-0.3, -0.25) is 9.69 Å². The second-order valence-electron chi connectivity index (χ2n) is 8.39. The van der Waals surface area contributed by atoms with E-state index >= 15 is 0 Å². The van der Waals surface area contributed by atoms with Crippen molar-refractivity contribution in [3.8, 4) is 16.9 Å². The second-order valence-corrected chi connectivity index (χ2v) is 8.39. The first-order chi connectivity index (χ1) is 13.9. The van der Waals surface area contributed by atoms with Gasteiger partial charge in [0.15, 0.2) is 11.5 Å². The van der Waals surface area contributed by atoms with Crippen LogP contribution in [0.15, 0.2) is 47.5 Å². The highest BCUT2D eigenvalue weighted by molar-refractivity contribution is 6.07. The zero-order chi connectivity index (χ0) is 20.2. The highest BCUT2D eigenvalue weighted by Crippen LogP contribution is 2.51. The summed E-state index contributed by atoms with van der Waals surface area (Å²) in [4.78, 5) is 19.6. The number of carbonyl (C=O) groups excluding carboxylic acids is 1. The Hall–Kier alpha value is -2.86. The first kappa shape index (κ1) is 18.2. The van der Waals surface area contributed by atoms with Crippen molar-refractivity contribution in [2.24, 2.45) is 10.7 Å². The van der Waals surface area contributed by atoms with E-state index in [1.807, 2.05) is 24.3 Å². The molecule has 3 aliphatic rings. The summed E-state index contributed by atoms with van der Waals surface area (Å²) >= 11 is 0. The molecule has 5 rings (SSSR count). The molecule has 3 aliphatic heterocycles. The highest BCUT2D eigenvalue weighted by atomic mass is 16.5. The van der Waals surface area contributed by atoms with Gasteiger partial charge >= 0.3 is 0 Å². The van der Waals surface area contributed by atoms with Crippen LogP contribution in [0.3, 0.4) is 0 Å². The molecule has 3 heterocycles. The minimum Gasteiger partial charge on any atom is -0.484 e. The van der Waals surface area contributed by atoms with Crippen LogP contribution in [-0.4, -0.2) is 42.6 Å². The normalized spacial score (nSPS) is 28.4. The average Bonchev–Trinajstić information content (AvgIpc) is 2.92. The molecule has 1 fully saturated rings. The molecule has 2 aromatic carbocycles. The van der Waals surface area contributed by atoms with E-state index in [0.717, 1.165) is 36.1 Å². The maximum absolute atomic E-state index is 13.4. The van der Waals surface area contributed by atoms with Gasteiger partial charge < -0.3 is 15.2 Å². The SMILES string of the molecule is Cc1cccc(-c2ccc3c(c2)[C@]2(C[C@]4(CCCOC4)O3)N=C(N)N(C)C2=O)c1. The van der Waals surface area contributed by atoms with Crippen molar-refractivity contribution < 1.29 is 14.3 Å². The topological polar surface area (TPSA) is 77.2 Å². The number of amides is 1. The average molecular weight is 391 g/mol. The molecule has 0 unspecified atom stereocenters. The molecule has 0 aromatic heterocycles. The molecular formula is C23H25N3O3. The van der Waals surface area contributed by atoms with Crippen LogP contribution in [0.2, 0.25) is 0 Å². The van der Waals surface area contributed by atoms with Crippen LogP contribution in [0, 0.1) is 6.92 Å². The van der Waals surface area contributed by atoms with Crippen LogP contribution in [0.5, 0.6) is 5.75 Å². The van der Waals surface area contributed by atoms with Crippen LogP contribution >= 0.6 is 0 Å². The fourth-order valence-corrected chi connectivity index (χ4v) is 4.81. The summed E-state index contributed by atoms with van der Waals surface area (Å²) in [6, 6.07) is 14.3. The summed E-state index contributed by atoms with van der Waals surface area (Å²) in [5.41, 5.74) is 8.58. The standard InChI is InChI=1S/C23H25N3O3/c1-15-5-3-6-16(11-15)17-7-8-19-18(12-17)23(20(27)26(2)21(24)25-23)13-22(29-19)9-4-10-28-14-22/h3,5-8,11-12H,4,9-10,13-14H2,1-2H3,(H2,24,25)/t22-,23-/m0/s1. The van der Waals surface area contributed by atoms with Crippen molar-refractivity contribution in [2.75, 3.05) is 20.3 Å². The van der Waals surface area contributed by atoms with Gasteiger partial charge in [0.05, 0.1) is 6.61 Å². The van der Waals surface area contributed by atoms with Crippen LogP contribution in [0.4, 0.5) is 0 Å². The number of benzene rings is 2. The summed E-state index contributed by atoms with van der Waals surface area (Å²) in [5.74, 6) is 0.833. The number of fused-ring (bicyclic) bond motifs is 2. The van der Waals surface area contributed by atoms with Crippen LogP contribution in [0.25, 0.3) is 11.1 Å². The fraction of sp³-hybridized carbons (Fsp3) is 0.391. The lowest BCUT2D eigenvalue weighted by molar-refractivity contribution is -0.139. The summed E-state index contributed by atoms with van der Waals surface area (Å²) in [6.07, 6.45) is 2.17. The fourth-order valence-electron chi connectivity index (χ4n) is 4.81. The lowest BCUT2D eigenvalue weighted by atomic mass is 9.74. The predicted octanol–water partition coefficient (Wildman–Crippen LogP) is 2.98. The number of nitrogens with two attached hydrogens (primary N) is 1. The Morgan fingerprint density at radius 1 is 1.17 bits per heavy atom. The maximum atomic E-state index is 13.4. The maximum Gasteiger partial charge on any atom is 0.261 e. The molecule has 1 amide bonds. The Balaban J connectivity index is 1.69. The molecule has 2 spiro atoms. The molecule has 2 aromatic rings. The first-order valence-electron chi connectivity index (χ1n) is 10.0. The van der Waals surface area contributed by atoms with Gasteiger partial charge in [0.2, 0.25) is 0 Å². The molecule has 6 heteroatoms. The van der Waals surface area contributed by atoms with E-state index < -0.39 is 11.1 Å². The molecule has 2 atom stereocenters. The summed E-state index contributed by atoms with van der Waals surface area (Å²) < 4.78 is 12.2. The largest absolute Gasteiger partial charge is 0.484 e. The zero-order valence-corrected chi connectivity index (χ0v) is 16.8. The highest BCUT2D eigenvalue weighted by Gasteiger charge is 2.58. The van der Waals surface area contributed by atoms with E-state index in [4.69, 9.17) is 20.2 Å². The smallest absolute Gasteiger partial charge is 0.261 e. The van der Waals surface area contributed by atoms with Gasteiger partial charge in [-0.1, -0.05) is 35.9 Å². The number of hydrogen-bond acceptors (Lipinski definition) is 5. The summed E-state index contributed by atoms with van der Waals surface area (Å²) in [5, 5.41) is 0. The third kappa shape index (κ3) is 2.74. The Morgan fingerprint density at radius 3 is 2.69 bits per heavy atom. The number of likely N-dealkylation sites (N-methyl/N-ethyl adjacent to an activating group) is 1. The number of ether oxygens (including phenoxy) is 2. The number of nitrogens with zero attached hydrogens (tertiary/aromatic N) is 2. The first-order valence-corrected chi connectivity index (χ1v) is 10.0. The minimum atomic E-state index is -1.06. The number of carbonyl (C=O) groups is 1. The van der Waals surface area contributed by atoms with Gasteiger partial charge in [-0.15, -0.1) is 0 Å². The van der Waals surface area contributed by atoms with Crippen LogP contribution in [-0.2, 0) is 15.1 Å². The van der Waals surface area contributed by atoms with Gasteiger partial charge in [-0.05, 0) is 43.0 Å². The van der Waals surface area contributed by atoms with Crippen molar-refractivity contribution in [1.29, 1.82) is 0 Å². The van der Waals surface area contributed by atoms with Gasteiger partial charge in [-0.2, -0.15) is 0 Å². The van der Waals surface area contributed by atoms with Gasteiger partial charge in [0.1, 0.15) is 11.4 Å². The van der Waals surface area contributed by atoms with Crippen LogP contribution in [0.1, 0.15) is 30.4 Å². The van der Waals surface area contributed by atoms with Gasteiger partial charge in [0, 0.05) is 25.6 Å². The lowest BCUT2D eigenvalue weighted by Gasteiger charge is -2.46. The molecule has 2 N–H and O–H groups in total. The number of hydrogen-bond donors (Lipinski definition) is 1. The Labute approximate surface area is 170 Å². The monoisotopic (exact) mass is 391 g/mol. The van der Waals surface area contributed by atoms with Gasteiger partial charge in [-0.25, -0.2) is 4.99 Å². The number of rotatable bonds is 1. The van der Waals surface area contributed by atoms with Gasteiger partial charge in [0.25, 0.3) is 5.91 Å². The van der Waals surface area contributed by atoms with Crippen molar-refractivity contribution >= 4 is 11.9 Å². The molecular weight excluding hydrogens is 366 g/mol. The molecule has 0 bridgehead atoms. The minimum absolute atomic E-state index is 0.106. The summed E-state index contributed by atoms with van der Waals surface area (Å²) in [6.45, 7) is 3.25. The molecule has 29 heavy (non-hydrogen) atoms. The Kier molecular flexibility index (Phi) is 3.96. The number of aliphatic imine (C=N–C) groups is 1.